The second-order valence-corrected chi connectivity index (χ2v) is 5.60. The maximum Gasteiger partial charge on any atom is 0.0794 e. The van der Waals surface area contributed by atoms with Crippen molar-refractivity contribution in [1.82, 2.24) is 5.43 Å². The molecule has 3 atom stereocenters. The summed E-state index contributed by atoms with van der Waals surface area (Å²) in [5, 5.41) is 0. The van der Waals surface area contributed by atoms with Crippen LogP contribution in [0.3, 0.4) is 0 Å². The molecule has 3 heteroatoms. The number of nitrogens with one attached hydrogen (secondary N) is 1. The van der Waals surface area contributed by atoms with Crippen molar-refractivity contribution < 1.29 is 4.74 Å². The molecule has 1 aromatic rings. The first kappa shape index (κ1) is 13.5. The summed E-state index contributed by atoms with van der Waals surface area (Å²) in [5.74, 6) is 6.93. The van der Waals surface area contributed by atoms with Crippen LogP contribution in [0, 0.1) is 5.92 Å². The van der Waals surface area contributed by atoms with E-state index in [0.717, 1.165) is 0 Å². The van der Waals surface area contributed by atoms with Crippen LogP contribution in [0.25, 0.3) is 0 Å². The lowest BCUT2D eigenvalue weighted by Gasteiger charge is -2.34. The molecule has 0 spiro atoms. The summed E-state index contributed by atoms with van der Waals surface area (Å²) in [4.78, 5) is 0. The van der Waals surface area contributed by atoms with Crippen molar-refractivity contribution in [1.29, 1.82) is 0 Å². The smallest absolute Gasteiger partial charge is 0.0794 e. The molecular formula is C15H24N2O. The Labute approximate surface area is 110 Å². The molecule has 18 heavy (non-hydrogen) atoms. The van der Waals surface area contributed by atoms with Gasteiger partial charge in [0.1, 0.15) is 0 Å². The van der Waals surface area contributed by atoms with Crippen LogP contribution >= 0.6 is 0 Å². The first-order valence-electron chi connectivity index (χ1n) is 6.75. The molecule has 0 aromatic heterocycles. The Balaban J connectivity index is 2.04. The Morgan fingerprint density at radius 2 is 2.06 bits per heavy atom. The van der Waals surface area contributed by atoms with Crippen LogP contribution in [0.4, 0.5) is 0 Å². The fraction of sp³-hybridized carbons (Fsp3) is 0.600. The zero-order valence-electron chi connectivity index (χ0n) is 11.5. The highest BCUT2D eigenvalue weighted by Crippen LogP contribution is 2.51. The number of ether oxygens (including phenoxy) is 1. The van der Waals surface area contributed by atoms with E-state index in [0.29, 0.717) is 18.4 Å². The topological polar surface area (TPSA) is 47.3 Å². The molecule has 0 bridgehead atoms. The molecule has 1 aromatic carbocycles. The summed E-state index contributed by atoms with van der Waals surface area (Å²) >= 11 is 0. The van der Waals surface area contributed by atoms with Crippen LogP contribution in [0.1, 0.15) is 38.7 Å². The number of hydrogen-bond donors (Lipinski definition) is 2. The average molecular weight is 248 g/mol. The highest BCUT2D eigenvalue weighted by Gasteiger charge is 2.49. The van der Waals surface area contributed by atoms with Crippen molar-refractivity contribution in [2.24, 2.45) is 11.8 Å². The predicted octanol–water partition coefficient (Wildman–Crippen LogP) is 2.44. The van der Waals surface area contributed by atoms with Gasteiger partial charge in [-0.15, -0.1) is 0 Å². The summed E-state index contributed by atoms with van der Waals surface area (Å²) < 4.78 is 5.83. The molecule has 1 fully saturated rings. The first-order chi connectivity index (χ1) is 8.60. The Kier molecular flexibility index (Phi) is 4.05. The molecule has 3 N–H and O–H groups in total. The third-order valence-corrected chi connectivity index (χ3v) is 3.94. The minimum atomic E-state index is -0.225. The van der Waals surface area contributed by atoms with E-state index in [2.05, 4.69) is 49.6 Å². The maximum atomic E-state index is 5.83. The lowest BCUT2D eigenvalue weighted by atomic mass is 9.92. The molecule has 0 heterocycles. The van der Waals surface area contributed by atoms with E-state index < -0.39 is 0 Å². The van der Waals surface area contributed by atoms with Gasteiger partial charge in [-0.3, -0.25) is 11.3 Å². The molecule has 3 unspecified atom stereocenters. The van der Waals surface area contributed by atoms with Gasteiger partial charge >= 0.3 is 0 Å². The number of benzene rings is 1. The summed E-state index contributed by atoms with van der Waals surface area (Å²) in [7, 11) is 0. The first-order valence-corrected chi connectivity index (χ1v) is 6.75. The van der Waals surface area contributed by atoms with Crippen molar-refractivity contribution in [3.8, 4) is 0 Å². The van der Waals surface area contributed by atoms with Gasteiger partial charge < -0.3 is 4.74 Å². The Hall–Kier alpha value is -0.900. The van der Waals surface area contributed by atoms with Crippen molar-refractivity contribution in [2.45, 2.75) is 44.8 Å². The molecule has 0 saturated heterocycles. The van der Waals surface area contributed by atoms with Crippen LogP contribution in [0.5, 0.6) is 0 Å². The van der Waals surface area contributed by atoms with Gasteiger partial charge in [0.2, 0.25) is 0 Å². The number of rotatable bonds is 6. The minimum absolute atomic E-state index is 0.197. The van der Waals surface area contributed by atoms with Gasteiger partial charge in [0.05, 0.1) is 11.6 Å². The molecule has 0 amide bonds. The summed E-state index contributed by atoms with van der Waals surface area (Å²) in [6.45, 7) is 6.97. The molecule has 1 saturated carbocycles. The van der Waals surface area contributed by atoms with Gasteiger partial charge in [-0.1, -0.05) is 30.3 Å². The van der Waals surface area contributed by atoms with Crippen molar-refractivity contribution in [3.05, 3.63) is 35.9 Å². The van der Waals surface area contributed by atoms with Gasteiger partial charge in [0.25, 0.3) is 0 Å². The zero-order chi connectivity index (χ0) is 13.2. The molecule has 0 aliphatic heterocycles. The summed E-state index contributed by atoms with van der Waals surface area (Å²) in [6.07, 6.45) is 1.19. The average Bonchev–Trinajstić information content (AvgIpc) is 3.11. The van der Waals surface area contributed by atoms with E-state index in [-0.39, 0.29) is 11.6 Å². The van der Waals surface area contributed by atoms with E-state index in [1.165, 1.54) is 12.0 Å². The Morgan fingerprint density at radius 3 is 2.61 bits per heavy atom. The van der Waals surface area contributed by atoms with E-state index in [9.17, 15) is 0 Å². The molecule has 100 valence electrons. The van der Waals surface area contributed by atoms with Gasteiger partial charge in [-0.2, -0.15) is 0 Å². The minimum Gasteiger partial charge on any atom is -0.374 e. The van der Waals surface area contributed by atoms with E-state index >= 15 is 0 Å². The van der Waals surface area contributed by atoms with E-state index in [4.69, 9.17) is 10.6 Å². The Morgan fingerprint density at radius 1 is 1.39 bits per heavy atom. The fourth-order valence-electron chi connectivity index (χ4n) is 2.97. The highest BCUT2D eigenvalue weighted by molar-refractivity contribution is 5.27. The molecule has 1 aliphatic rings. The monoisotopic (exact) mass is 248 g/mol. The maximum absolute atomic E-state index is 5.83. The van der Waals surface area contributed by atoms with Crippen LogP contribution < -0.4 is 11.3 Å². The van der Waals surface area contributed by atoms with Gasteiger partial charge in [-0.05, 0) is 44.6 Å². The summed E-state index contributed by atoms with van der Waals surface area (Å²) in [6, 6.07) is 10.9. The number of hydrogen-bond acceptors (Lipinski definition) is 3. The van der Waals surface area contributed by atoms with Crippen molar-refractivity contribution >= 4 is 0 Å². The van der Waals surface area contributed by atoms with Gasteiger partial charge in [-0.25, -0.2) is 0 Å². The SMILES string of the molecule is CCOC(C)(C)C(NN)C1CC1c1ccccc1. The van der Waals surface area contributed by atoms with Crippen molar-refractivity contribution in [2.75, 3.05) is 6.61 Å². The summed E-state index contributed by atoms with van der Waals surface area (Å²) in [5.41, 5.74) is 4.15. The van der Waals surface area contributed by atoms with E-state index in [1.807, 2.05) is 6.92 Å². The second-order valence-electron chi connectivity index (χ2n) is 5.60. The zero-order valence-corrected chi connectivity index (χ0v) is 11.5. The number of nitrogens with two attached hydrogens (primary N) is 1. The molecular weight excluding hydrogens is 224 g/mol. The molecule has 1 aliphatic carbocycles. The lowest BCUT2D eigenvalue weighted by molar-refractivity contribution is -0.0441. The Bertz CT molecular complexity index is 377. The van der Waals surface area contributed by atoms with Gasteiger partial charge in [0.15, 0.2) is 0 Å². The second kappa shape index (κ2) is 5.39. The molecule has 3 nitrogen and oxygen atoms in total. The van der Waals surface area contributed by atoms with Crippen LogP contribution in [-0.2, 0) is 4.74 Å². The molecule has 0 radical (unpaired) electrons. The predicted molar refractivity (Wildman–Crippen MR) is 74.1 cm³/mol. The van der Waals surface area contributed by atoms with Gasteiger partial charge in [0, 0.05) is 6.61 Å². The largest absolute Gasteiger partial charge is 0.374 e. The third kappa shape index (κ3) is 2.74. The van der Waals surface area contributed by atoms with Crippen LogP contribution in [0.2, 0.25) is 0 Å². The normalized spacial score (nSPS) is 24.9. The van der Waals surface area contributed by atoms with Crippen LogP contribution in [0.15, 0.2) is 30.3 Å². The van der Waals surface area contributed by atoms with E-state index in [1.54, 1.807) is 0 Å². The van der Waals surface area contributed by atoms with Crippen LogP contribution in [-0.4, -0.2) is 18.2 Å². The quantitative estimate of drug-likeness (QED) is 0.600. The third-order valence-electron chi connectivity index (χ3n) is 3.94. The number of hydrazine groups is 1. The highest BCUT2D eigenvalue weighted by atomic mass is 16.5. The molecule has 2 rings (SSSR count). The fourth-order valence-corrected chi connectivity index (χ4v) is 2.97. The van der Waals surface area contributed by atoms with Crippen molar-refractivity contribution in [3.63, 3.8) is 0 Å². The standard InChI is InChI=1S/C15H24N2O/c1-4-18-15(2,3)14(17-16)13-10-12(13)11-8-6-5-7-9-11/h5-9,12-14,17H,4,10,16H2,1-3H3. The lowest BCUT2D eigenvalue weighted by Crippen LogP contribution is -2.53.